The Balaban J connectivity index is 2.02. The average Bonchev–Trinajstić information content (AvgIpc) is 2.51. The van der Waals surface area contributed by atoms with Crippen molar-refractivity contribution >= 4 is 29.3 Å². The van der Waals surface area contributed by atoms with E-state index in [4.69, 9.17) is 11.6 Å². The van der Waals surface area contributed by atoms with Crippen molar-refractivity contribution in [2.45, 2.75) is 39.2 Å². The molecule has 1 amide bonds. The molecule has 2 rings (SSSR count). The average molecular weight is 312 g/mol. The molecule has 21 heavy (non-hydrogen) atoms. The fraction of sp³-hybridized carbons (Fsp3) is 0.643. The molecule has 2 heterocycles. The normalized spacial score (nSPS) is 16.4. The number of nitrogens with zero attached hydrogens (tertiary/aromatic N) is 3. The van der Waals surface area contributed by atoms with Gasteiger partial charge in [0.2, 0.25) is 11.9 Å². The quantitative estimate of drug-likeness (QED) is 0.873. The summed E-state index contributed by atoms with van der Waals surface area (Å²) in [6.45, 7) is 6.20. The van der Waals surface area contributed by atoms with Gasteiger partial charge < -0.3 is 15.5 Å². The van der Waals surface area contributed by atoms with E-state index in [1.54, 1.807) is 0 Å². The second-order valence-electron chi connectivity index (χ2n) is 5.17. The lowest BCUT2D eigenvalue weighted by Crippen LogP contribution is -2.44. The molecule has 1 aromatic rings. The number of nitrogens with one attached hydrogen (secondary N) is 2. The number of hydrogen-bond donors (Lipinski definition) is 2. The van der Waals surface area contributed by atoms with Crippen molar-refractivity contribution in [3.63, 3.8) is 0 Å². The van der Waals surface area contributed by atoms with Gasteiger partial charge in [-0.2, -0.15) is 4.98 Å². The summed E-state index contributed by atoms with van der Waals surface area (Å²) in [5.74, 6) is 1.08. The Kier molecular flexibility index (Phi) is 5.61. The van der Waals surface area contributed by atoms with E-state index < -0.39 is 0 Å². The number of hydrogen-bond acceptors (Lipinski definition) is 5. The van der Waals surface area contributed by atoms with Crippen LogP contribution in [0.2, 0.25) is 5.02 Å². The first-order chi connectivity index (χ1) is 10.1. The van der Waals surface area contributed by atoms with Gasteiger partial charge in [-0.3, -0.25) is 4.79 Å². The molecule has 0 aliphatic carbocycles. The van der Waals surface area contributed by atoms with Crippen LogP contribution in [0.5, 0.6) is 0 Å². The lowest BCUT2D eigenvalue weighted by Gasteiger charge is -2.29. The monoisotopic (exact) mass is 311 g/mol. The van der Waals surface area contributed by atoms with Crippen LogP contribution >= 0.6 is 11.6 Å². The van der Waals surface area contributed by atoms with Crippen LogP contribution in [-0.2, 0) is 4.79 Å². The molecule has 2 N–H and O–H groups in total. The van der Waals surface area contributed by atoms with Gasteiger partial charge >= 0.3 is 0 Å². The molecule has 0 spiro atoms. The van der Waals surface area contributed by atoms with Crippen LogP contribution in [0.25, 0.3) is 0 Å². The molecule has 1 saturated heterocycles. The number of carbonyl (C=O) groups is 1. The second-order valence-corrected chi connectivity index (χ2v) is 5.58. The van der Waals surface area contributed by atoms with Crippen LogP contribution in [0.3, 0.4) is 0 Å². The molecule has 1 fully saturated rings. The van der Waals surface area contributed by atoms with Crippen LogP contribution in [0.1, 0.15) is 33.1 Å². The van der Waals surface area contributed by atoms with E-state index >= 15 is 0 Å². The van der Waals surface area contributed by atoms with E-state index in [-0.39, 0.29) is 11.9 Å². The summed E-state index contributed by atoms with van der Waals surface area (Å²) >= 11 is 6.09. The number of halogens is 1. The zero-order valence-corrected chi connectivity index (χ0v) is 13.3. The van der Waals surface area contributed by atoms with Crippen LogP contribution in [0.4, 0.5) is 11.8 Å². The summed E-state index contributed by atoms with van der Waals surface area (Å²) in [4.78, 5) is 22.7. The third-order valence-electron chi connectivity index (χ3n) is 3.47. The molecule has 116 valence electrons. The Hall–Kier alpha value is -1.56. The Morgan fingerprint density at radius 2 is 2.14 bits per heavy atom. The van der Waals surface area contributed by atoms with Gasteiger partial charge in [0.05, 0.1) is 6.20 Å². The van der Waals surface area contributed by atoms with E-state index in [2.05, 4.69) is 20.6 Å². The molecule has 0 aromatic carbocycles. The van der Waals surface area contributed by atoms with E-state index in [0.717, 1.165) is 32.5 Å². The number of anilines is 2. The molecular formula is C14H22ClN5O. The highest BCUT2D eigenvalue weighted by Gasteiger charge is 2.23. The Bertz CT molecular complexity index is 490. The van der Waals surface area contributed by atoms with Crippen molar-refractivity contribution in [2.24, 2.45) is 0 Å². The van der Waals surface area contributed by atoms with E-state index in [9.17, 15) is 4.79 Å². The predicted octanol–water partition coefficient (Wildman–Crippen LogP) is 2.37. The molecular weight excluding hydrogens is 290 g/mol. The Morgan fingerprint density at radius 3 is 2.81 bits per heavy atom. The summed E-state index contributed by atoms with van der Waals surface area (Å²) < 4.78 is 0. The van der Waals surface area contributed by atoms with Crippen LogP contribution in [0, 0.1) is 0 Å². The Morgan fingerprint density at radius 1 is 1.43 bits per heavy atom. The van der Waals surface area contributed by atoms with Crippen molar-refractivity contribution in [1.82, 2.24) is 14.9 Å². The van der Waals surface area contributed by atoms with Gasteiger partial charge in [-0.25, -0.2) is 4.98 Å². The SMILES string of the molecule is CCNc1ncc(Cl)c(NC(C)C(=O)N2CCCCC2)n1. The minimum absolute atomic E-state index is 0.0920. The van der Waals surface area contributed by atoms with Gasteiger partial charge in [0.25, 0.3) is 0 Å². The van der Waals surface area contributed by atoms with E-state index in [1.165, 1.54) is 12.6 Å². The molecule has 0 saturated carbocycles. The first-order valence-corrected chi connectivity index (χ1v) is 7.81. The minimum atomic E-state index is -0.357. The Labute approximate surface area is 130 Å². The maximum absolute atomic E-state index is 12.4. The largest absolute Gasteiger partial charge is 0.357 e. The number of aromatic nitrogens is 2. The molecule has 1 atom stereocenters. The molecule has 1 unspecified atom stereocenters. The van der Waals surface area contributed by atoms with Gasteiger partial charge in [0.15, 0.2) is 5.82 Å². The summed E-state index contributed by atoms with van der Waals surface area (Å²) in [6.07, 6.45) is 4.90. The predicted molar refractivity (Wildman–Crippen MR) is 84.7 cm³/mol. The smallest absolute Gasteiger partial charge is 0.244 e. The highest BCUT2D eigenvalue weighted by Crippen LogP contribution is 2.21. The molecule has 7 heteroatoms. The number of carbonyl (C=O) groups excluding carboxylic acids is 1. The van der Waals surface area contributed by atoms with Gasteiger partial charge in [-0.05, 0) is 33.1 Å². The van der Waals surface area contributed by atoms with Gasteiger partial charge in [0.1, 0.15) is 11.1 Å². The maximum Gasteiger partial charge on any atom is 0.244 e. The third kappa shape index (κ3) is 4.20. The number of piperidine rings is 1. The molecule has 0 radical (unpaired) electrons. The molecule has 1 aliphatic rings. The highest BCUT2D eigenvalue weighted by atomic mass is 35.5. The summed E-state index contributed by atoms with van der Waals surface area (Å²) in [5.41, 5.74) is 0. The van der Waals surface area contributed by atoms with Crippen molar-refractivity contribution in [3.8, 4) is 0 Å². The minimum Gasteiger partial charge on any atom is -0.357 e. The lowest BCUT2D eigenvalue weighted by atomic mass is 10.1. The lowest BCUT2D eigenvalue weighted by molar-refractivity contribution is -0.132. The summed E-state index contributed by atoms with van der Waals surface area (Å²) in [7, 11) is 0. The first-order valence-electron chi connectivity index (χ1n) is 7.43. The topological polar surface area (TPSA) is 70.2 Å². The summed E-state index contributed by atoms with van der Waals surface area (Å²) in [6, 6.07) is -0.357. The zero-order valence-electron chi connectivity index (χ0n) is 12.5. The van der Waals surface area contributed by atoms with Crippen molar-refractivity contribution in [2.75, 3.05) is 30.3 Å². The fourth-order valence-corrected chi connectivity index (χ4v) is 2.51. The van der Waals surface area contributed by atoms with Crippen LogP contribution in [-0.4, -0.2) is 46.5 Å². The molecule has 1 aliphatic heterocycles. The van der Waals surface area contributed by atoms with Gasteiger partial charge in [0, 0.05) is 19.6 Å². The van der Waals surface area contributed by atoms with E-state index in [1.807, 2.05) is 18.7 Å². The van der Waals surface area contributed by atoms with Crippen molar-refractivity contribution in [1.29, 1.82) is 0 Å². The fourth-order valence-electron chi connectivity index (χ4n) is 2.37. The van der Waals surface area contributed by atoms with Gasteiger partial charge in [-0.1, -0.05) is 11.6 Å². The first kappa shape index (κ1) is 15.8. The molecule has 0 bridgehead atoms. The molecule has 6 nitrogen and oxygen atoms in total. The van der Waals surface area contributed by atoms with Gasteiger partial charge in [-0.15, -0.1) is 0 Å². The number of amides is 1. The van der Waals surface area contributed by atoms with E-state index in [0.29, 0.717) is 16.8 Å². The summed E-state index contributed by atoms with van der Waals surface area (Å²) in [5, 5.41) is 6.53. The third-order valence-corrected chi connectivity index (χ3v) is 3.75. The maximum atomic E-state index is 12.4. The highest BCUT2D eigenvalue weighted by molar-refractivity contribution is 6.32. The number of rotatable bonds is 5. The van der Waals surface area contributed by atoms with Crippen LogP contribution < -0.4 is 10.6 Å². The zero-order chi connectivity index (χ0) is 15.2. The standard InChI is InChI=1S/C14H22ClN5O/c1-3-16-14-17-9-11(15)12(19-14)18-10(2)13(21)20-7-5-4-6-8-20/h9-10H,3-8H2,1-2H3,(H2,16,17,18,19). The van der Waals surface area contributed by atoms with Crippen molar-refractivity contribution in [3.05, 3.63) is 11.2 Å². The van der Waals surface area contributed by atoms with Crippen LogP contribution in [0.15, 0.2) is 6.20 Å². The second kappa shape index (κ2) is 7.45. The molecule has 1 aromatic heterocycles. The number of likely N-dealkylation sites (tertiary alicyclic amines) is 1. The van der Waals surface area contributed by atoms with Crippen molar-refractivity contribution < 1.29 is 4.79 Å².